The summed E-state index contributed by atoms with van der Waals surface area (Å²) in [7, 11) is 0. The Morgan fingerprint density at radius 3 is 2.83 bits per heavy atom. The predicted octanol–water partition coefficient (Wildman–Crippen LogP) is 3.67. The number of thiophene rings is 1. The molecule has 0 spiro atoms. The normalized spacial score (nSPS) is 12.1. The van der Waals surface area contributed by atoms with Gasteiger partial charge in [0.25, 0.3) is 0 Å². The van der Waals surface area contributed by atoms with Crippen LogP contribution in [0, 0.1) is 0 Å². The van der Waals surface area contributed by atoms with E-state index in [1.54, 1.807) is 29.5 Å². The van der Waals surface area contributed by atoms with Gasteiger partial charge in [-0.05, 0) is 47.5 Å². The summed E-state index contributed by atoms with van der Waals surface area (Å²) < 4.78 is 0. The minimum atomic E-state index is -0.460. The summed E-state index contributed by atoms with van der Waals surface area (Å²) in [6.07, 6.45) is 0. The minimum absolute atomic E-state index is 0.122. The molecule has 0 aliphatic carbocycles. The largest absolute Gasteiger partial charge is 0.377 e. The maximum Gasteiger partial charge on any atom is 0.248 e. The maximum atomic E-state index is 11.1. The molecule has 2 rings (SSSR count). The van der Waals surface area contributed by atoms with Crippen molar-refractivity contribution in [1.29, 1.82) is 0 Å². The Hall–Kier alpha value is -1.52. The molecule has 1 heterocycles. The van der Waals surface area contributed by atoms with E-state index in [1.807, 2.05) is 18.4 Å². The van der Waals surface area contributed by atoms with Gasteiger partial charge in [-0.2, -0.15) is 11.3 Å². The minimum Gasteiger partial charge on any atom is -0.377 e. The smallest absolute Gasteiger partial charge is 0.248 e. The standard InChI is InChI=1S/C13H13ClN2OS/c1-8(10-4-5-18-7-10)16-12-6-9(13(15)17)2-3-11(12)14/h2-8,16H,1H3,(H2,15,17). The van der Waals surface area contributed by atoms with Crippen LogP contribution in [0.15, 0.2) is 35.0 Å². The van der Waals surface area contributed by atoms with Crippen molar-refractivity contribution in [2.24, 2.45) is 5.73 Å². The summed E-state index contributed by atoms with van der Waals surface area (Å²) >= 11 is 7.74. The number of carbonyl (C=O) groups is 1. The van der Waals surface area contributed by atoms with Crippen LogP contribution in [0.2, 0.25) is 5.02 Å². The van der Waals surface area contributed by atoms with Gasteiger partial charge in [0.05, 0.1) is 10.7 Å². The average Bonchev–Trinajstić information content (AvgIpc) is 2.85. The zero-order valence-electron chi connectivity index (χ0n) is 9.81. The summed E-state index contributed by atoms with van der Waals surface area (Å²) in [5.74, 6) is -0.460. The van der Waals surface area contributed by atoms with Crippen LogP contribution in [0.5, 0.6) is 0 Å². The van der Waals surface area contributed by atoms with E-state index in [2.05, 4.69) is 10.7 Å². The molecule has 0 saturated heterocycles. The van der Waals surface area contributed by atoms with Gasteiger partial charge in [0.15, 0.2) is 0 Å². The lowest BCUT2D eigenvalue weighted by Gasteiger charge is -2.15. The third kappa shape index (κ3) is 2.83. The number of anilines is 1. The highest BCUT2D eigenvalue weighted by atomic mass is 35.5. The lowest BCUT2D eigenvalue weighted by atomic mass is 10.1. The Kier molecular flexibility index (Phi) is 3.89. The summed E-state index contributed by atoms with van der Waals surface area (Å²) in [5.41, 5.74) is 7.59. The highest BCUT2D eigenvalue weighted by molar-refractivity contribution is 7.08. The van der Waals surface area contributed by atoms with Crippen LogP contribution < -0.4 is 11.1 Å². The number of hydrogen-bond acceptors (Lipinski definition) is 3. The number of amides is 1. The molecule has 3 N–H and O–H groups in total. The van der Waals surface area contributed by atoms with Crippen LogP contribution in [0.3, 0.4) is 0 Å². The van der Waals surface area contributed by atoms with E-state index in [0.29, 0.717) is 16.3 Å². The van der Waals surface area contributed by atoms with Crippen molar-refractivity contribution in [3.05, 3.63) is 51.2 Å². The lowest BCUT2D eigenvalue weighted by Crippen LogP contribution is -2.12. The first-order valence-corrected chi connectivity index (χ1v) is 6.78. The van der Waals surface area contributed by atoms with Gasteiger partial charge in [-0.1, -0.05) is 11.6 Å². The summed E-state index contributed by atoms with van der Waals surface area (Å²) in [6, 6.07) is 7.13. The van der Waals surface area contributed by atoms with E-state index >= 15 is 0 Å². The monoisotopic (exact) mass is 280 g/mol. The molecule has 3 nitrogen and oxygen atoms in total. The van der Waals surface area contributed by atoms with Gasteiger partial charge in [0, 0.05) is 11.6 Å². The third-order valence-electron chi connectivity index (χ3n) is 2.67. The Balaban J connectivity index is 2.23. The zero-order chi connectivity index (χ0) is 13.1. The number of rotatable bonds is 4. The number of nitrogens with one attached hydrogen (secondary N) is 1. The van der Waals surface area contributed by atoms with Gasteiger partial charge in [-0.15, -0.1) is 0 Å². The van der Waals surface area contributed by atoms with Gasteiger partial charge in [0.2, 0.25) is 5.91 Å². The average molecular weight is 281 g/mol. The molecule has 0 aliphatic rings. The highest BCUT2D eigenvalue weighted by Gasteiger charge is 2.10. The fraction of sp³-hybridized carbons (Fsp3) is 0.154. The first kappa shape index (κ1) is 12.9. The van der Waals surface area contributed by atoms with E-state index in [0.717, 1.165) is 0 Å². The number of benzene rings is 1. The Morgan fingerprint density at radius 2 is 2.22 bits per heavy atom. The molecule has 0 radical (unpaired) electrons. The van der Waals surface area contributed by atoms with Crippen molar-refractivity contribution in [2.75, 3.05) is 5.32 Å². The van der Waals surface area contributed by atoms with Gasteiger partial charge in [0.1, 0.15) is 0 Å². The Bertz CT molecular complexity index is 554. The topological polar surface area (TPSA) is 55.1 Å². The second kappa shape index (κ2) is 5.42. The fourth-order valence-electron chi connectivity index (χ4n) is 1.63. The van der Waals surface area contributed by atoms with E-state index in [1.165, 1.54) is 5.56 Å². The van der Waals surface area contributed by atoms with E-state index in [-0.39, 0.29) is 6.04 Å². The van der Waals surface area contributed by atoms with E-state index < -0.39 is 5.91 Å². The molecular weight excluding hydrogens is 268 g/mol. The Labute approximate surface area is 115 Å². The van der Waals surface area contributed by atoms with Crippen molar-refractivity contribution >= 4 is 34.5 Å². The molecule has 5 heteroatoms. The molecule has 0 bridgehead atoms. The van der Waals surface area contributed by atoms with E-state index in [4.69, 9.17) is 17.3 Å². The second-order valence-electron chi connectivity index (χ2n) is 3.98. The summed E-state index contributed by atoms with van der Waals surface area (Å²) in [4.78, 5) is 11.1. The van der Waals surface area contributed by atoms with Crippen molar-refractivity contribution < 1.29 is 4.79 Å². The SMILES string of the molecule is CC(Nc1cc(C(N)=O)ccc1Cl)c1ccsc1. The molecule has 2 aromatic rings. The lowest BCUT2D eigenvalue weighted by molar-refractivity contribution is 0.100. The molecule has 1 amide bonds. The van der Waals surface area contributed by atoms with Crippen LogP contribution in [0.1, 0.15) is 28.9 Å². The molecule has 1 aromatic carbocycles. The fourth-order valence-corrected chi connectivity index (χ4v) is 2.55. The zero-order valence-corrected chi connectivity index (χ0v) is 11.4. The number of halogens is 1. The first-order valence-electron chi connectivity index (χ1n) is 5.46. The van der Waals surface area contributed by atoms with Gasteiger partial charge < -0.3 is 11.1 Å². The Morgan fingerprint density at radius 1 is 1.44 bits per heavy atom. The number of hydrogen-bond donors (Lipinski definition) is 2. The molecule has 1 unspecified atom stereocenters. The molecule has 18 heavy (non-hydrogen) atoms. The van der Waals surface area contributed by atoms with Gasteiger partial charge in [-0.3, -0.25) is 4.79 Å². The van der Waals surface area contributed by atoms with Crippen molar-refractivity contribution in [3.63, 3.8) is 0 Å². The van der Waals surface area contributed by atoms with Gasteiger partial charge >= 0.3 is 0 Å². The molecule has 1 aromatic heterocycles. The van der Waals surface area contributed by atoms with Crippen molar-refractivity contribution in [3.8, 4) is 0 Å². The molecule has 1 atom stereocenters. The predicted molar refractivity (Wildman–Crippen MR) is 76.3 cm³/mol. The first-order chi connectivity index (χ1) is 8.58. The van der Waals surface area contributed by atoms with Crippen molar-refractivity contribution in [2.45, 2.75) is 13.0 Å². The van der Waals surface area contributed by atoms with Crippen LogP contribution in [-0.4, -0.2) is 5.91 Å². The van der Waals surface area contributed by atoms with Crippen molar-refractivity contribution in [1.82, 2.24) is 0 Å². The molecule has 0 saturated carbocycles. The number of primary amides is 1. The third-order valence-corrected chi connectivity index (χ3v) is 3.70. The second-order valence-corrected chi connectivity index (χ2v) is 5.17. The number of nitrogens with two attached hydrogens (primary N) is 1. The number of carbonyl (C=O) groups excluding carboxylic acids is 1. The summed E-state index contributed by atoms with van der Waals surface area (Å²) in [5, 5.41) is 7.94. The summed E-state index contributed by atoms with van der Waals surface area (Å²) in [6.45, 7) is 2.04. The van der Waals surface area contributed by atoms with Crippen LogP contribution in [0.25, 0.3) is 0 Å². The van der Waals surface area contributed by atoms with Crippen LogP contribution >= 0.6 is 22.9 Å². The van der Waals surface area contributed by atoms with Crippen LogP contribution in [0.4, 0.5) is 5.69 Å². The maximum absolute atomic E-state index is 11.1. The molecular formula is C13H13ClN2OS. The molecule has 0 aliphatic heterocycles. The highest BCUT2D eigenvalue weighted by Crippen LogP contribution is 2.27. The van der Waals surface area contributed by atoms with Gasteiger partial charge in [-0.25, -0.2) is 0 Å². The van der Waals surface area contributed by atoms with E-state index in [9.17, 15) is 4.79 Å². The quantitative estimate of drug-likeness (QED) is 0.898. The van der Waals surface area contributed by atoms with Crippen LogP contribution in [-0.2, 0) is 0 Å². The molecule has 94 valence electrons. The molecule has 0 fully saturated rings.